The molecule has 138 valence electrons. The maximum absolute atomic E-state index is 6.12. The van der Waals surface area contributed by atoms with Crippen LogP contribution in [0.3, 0.4) is 0 Å². The molecule has 0 radical (unpaired) electrons. The number of ether oxygens (including phenoxy) is 1. The fourth-order valence-electron chi connectivity index (χ4n) is 3.82. The molecule has 0 spiro atoms. The molecule has 2 aliphatic rings. The smallest absolute Gasteiger partial charge is 0.193 e. The molecule has 0 aliphatic carbocycles. The molecule has 0 amide bonds. The van der Waals surface area contributed by atoms with E-state index in [1.165, 1.54) is 12.0 Å². The first kappa shape index (κ1) is 18.6. The Morgan fingerprint density at radius 1 is 1.36 bits per heavy atom. The van der Waals surface area contributed by atoms with Crippen LogP contribution in [0.2, 0.25) is 0 Å². The van der Waals surface area contributed by atoms with Gasteiger partial charge in [-0.2, -0.15) is 11.8 Å². The molecule has 0 bridgehead atoms. The van der Waals surface area contributed by atoms with Gasteiger partial charge in [0.1, 0.15) is 0 Å². The van der Waals surface area contributed by atoms with Crippen molar-refractivity contribution >= 4 is 17.7 Å². The summed E-state index contributed by atoms with van der Waals surface area (Å²) in [5.74, 6) is 2.68. The molecule has 1 aromatic rings. The summed E-state index contributed by atoms with van der Waals surface area (Å²) in [6.45, 7) is 8.52. The monoisotopic (exact) mass is 361 g/mol. The van der Waals surface area contributed by atoms with E-state index in [-0.39, 0.29) is 10.9 Å². The summed E-state index contributed by atoms with van der Waals surface area (Å²) in [5.41, 5.74) is 1.29. The van der Waals surface area contributed by atoms with Gasteiger partial charge in [0.15, 0.2) is 5.96 Å². The van der Waals surface area contributed by atoms with E-state index >= 15 is 0 Å². The molecule has 0 aromatic heterocycles. The van der Waals surface area contributed by atoms with Crippen LogP contribution in [0, 0.1) is 5.92 Å². The lowest BCUT2D eigenvalue weighted by atomic mass is 9.89. The van der Waals surface area contributed by atoms with Crippen molar-refractivity contribution in [3.63, 3.8) is 0 Å². The molecule has 0 saturated carbocycles. The molecule has 2 fully saturated rings. The standard InChI is InChI=1S/C20H31N3OS/c1-20(2)15-23(11-13-25-20)19(21-3)22-14-17-10-7-12-24-18(17)16-8-5-4-6-9-16/h4-6,8-9,17-18H,7,10-15H2,1-3H3,(H,21,22). The minimum absolute atomic E-state index is 0.189. The van der Waals surface area contributed by atoms with Crippen LogP contribution in [0.4, 0.5) is 0 Å². The van der Waals surface area contributed by atoms with Crippen LogP contribution in [0.15, 0.2) is 35.3 Å². The second-order valence-corrected chi connectivity index (χ2v) is 9.36. The average molecular weight is 362 g/mol. The predicted molar refractivity (Wildman–Crippen MR) is 107 cm³/mol. The van der Waals surface area contributed by atoms with Gasteiger partial charge in [-0.15, -0.1) is 0 Å². The summed E-state index contributed by atoms with van der Waals surface area (Å²) in [7, 11) is 1.89. The average Bonchev–Trinajstić information content (AvgIpc) is 2.62. The van der Waals surface area contributed by atoms with Crippen molar-refractivity contribution in [2.24, 2.45) is 10.9 Å². The van der Waals surface area contributed by atoms with E-state index in [2.05, 4.69) is 71.2 Å². The number of benzene rings is 1. The molecule has 1 aromatic carbocycles. The van der Waals surface area contributed by atoms with Crippen molar-refractivity contribution in [1.29, 1.82) is 0 Å². The fourth-order valence-corrected chi connectivity index (χ4v) is 4.93. The Morgan fingerprint density at radius 3 is 2.88 bits per heavy atom. The number of hydrogen-bond acceptors (Lipinski definition) is 3. The Labute approximate surface area is 156 Å². The van der Waals surface area contributed by atoms with E-state index in [0.717, 1.165) is 44.4 Å². The molecule has 2 unspecified atom stereocenters. The molecule has 25 heavy (non-hydrogen) atoms. The minimum Gasteiger partial charge on any atom is -0.373 e. The van der Waals surface area contributed by atoms with Crippen molar-refractivity contribution in [2.45, 2.75) is 37.5 Å². The third-order valence-corrected chi connectivity index (χ3v) is 6.33. The van der Waals surface area contributed by atoms with Crippen molar-refractivity contribution in [1.82, 2.24) is 10.2 Å². The van der Waals surface area contributed by atoms with Gasteiger partial charge in [0.2, 0.25) is 0 Å². The Hall–Kier alpha value is -1.20. The van der Waals surface area contributed by atoms with Crippen LogP contribution in [0.1, 0.15) is 38.4 Å². The topological polar surface area (TPSA) is 36.9 Å². The molecule has 5 heteroatoms. The number of thioether (sulfide) groups is 1. The van der Waals surface area contributed by atoms with Crippen LogP contribution in [-0.4, -0.2) is 54.6 Å². The number of nitrogens with zero attached hydrogens (tertiary/aromatic N) is 2. The zero-order valence-electron chi connectivity index (χ0n) is 15.7. The van der Waals surface area contributed by atoms with Crippen LogP contribution >= 0.6 is 11.8 Å². The maximum Gasteiger partial charge on any atom is 0.193 e. The van der Waals surface area contributed by atoms with Crippen molar-refractivity contribution in [3.8, 4) is 0 Å². The van der Waals surface area contributed by atoms with Gasteiger partial charge >= 0.3 is 0 Å². The highest BCUT2D eigenvalue weighted by Crippen LogP contribution is 2.33. The van der Waals surface area contributed by atoms with Crippen LogP contribution < -0.4 is 5.32 Å². The van der Waals surface area contributed by atoms with Crippen molar-refractivity contribution in [2.75, 3.05) is 39.0 Å². The second kappa shape index (κ2) is 8.45. The van der Waals surface area contributed by atoms with E-state index in [1.807, 2.05) is 7.05 Å². The van der Waals surface area contributed by atoms with E-state index < -0.39 is 0 Å². The number of nitrogens with one attached hydrogen (secondary N) is 1. The Bertz CT molecular complexity index is 576. The maximum atomic E-state index is 6.12. The molecule has 2 atom stereocenters. The molecule has 2 heterocycles. The van der Waals surface area contributed by atoms with Crippen LogP contribution in [-0.2, 0) is 4.74 Å². The summed E-state index contributed by atoms with van der Waals surface area (Å²) in [4.78, 5) is 6.94. The lowest BCUT2D eigenvalue weighted by molar-refractivity contribution is -0.0266. The van der Waals surface area contributed by atoms with Gasteiger partial charge in [0.25, 0.3) is 0 Å². The lowest BCUT2D eigenvalue weighted by Gasteiger charge is -2.40. The van der Waals surface area contributed by atoms with Gasteiger partial charge in [0, 0.05) is 49.7 Å². The molecular weight excluding hydrogens is 330 g/mol. The number of hydrogen-bond donors (Lipinski definition) is 1. The molecule has 4 nitrogen and oxygen atoms in total. The van der Waals surface area contributed by atoms with Crippen molar-refractivity contribution < 1.29 is 4.74 Å². The highest BCUT2D eigenvalue weighted by atomic mass is 32.2. The van der Waals surface area contributed by atoms with E-state index in [0.29, 0.717) is 5.92 Å². The highest BCUT2D eigenvalue weighted by molar-refractivity contribution is 8.00. The molecule has 2 saturated heterocycles. The normalized spacial score (nSPS) is 27.2. The third kappa shape index (κ3) is 4.91. The molecule has 2 aliphatic heterocycles. The van der Waals surface area contributed by atoms with E-state index in [4.69, 9.17) is 4.74 Å². The molecular formula is C20H31N3OS. The zero-order chi connectivity index (χ0) is 17.7. The lowest BCUT2D eigenvalue weighted by Crippen LogP contribution is -2.52. The summed E-state index contributed by atoms with van der Waals surface area (Å²) < 4.78 is 6.41. The summed E-state index contributed by atoms with van der Waals surface area (Å²) in [5, 5.41) is 3.63. The third-order valence-electron chi connectivity index (χ3n) is 5.03. The van der Waals surface area contributed by atoms with E-state index in [9.17, 15) is 0 Å². The number of aliphatic imine (C=N–C) groups is 1. The van der Waals surface area contributed by atoms with E-state index in [1.54, 1.807) is 0 Å². The first-order valence-corrected chi connectivity index (χ1v) is 10.3. The summed E-state index contributed by atoms with van der Waals surface area (Å²) in [6.07, 6.45) is 2.53. The Morgan fingerprint density at radius 2 is 2.16 bits per heavy atom. The molecule has 3 rings (SSSR count). The molecule has 1 N–H and O–H groups in total. The van der Waals surface area contributed by atoms with Crippen molar-refractivity contribution in [3.05, 3.63) is 35.9 Å². The van der Waals surface area contributed by atoms with Crippen LogP contribution in [0.5, 0.6) is 0 Å². The highest BCUT2D eigenvalue weighted by Gasteiger charge is 2.31. The Balaban J connectivity index is 1.62. The first-order chi connectivity index (χ1) is 12.1. The van der Waals surface area contributed by atoms with Gasteiger partial charge in [-0.3, -0.25) is 4.99 Å². The second-order valence-electron chi connectivity index (χ2n) is 7.56. The van der Waals surface area contributed by atoms with Gasteiger partial charge in [-0.1, -0.05) is 30.3 Å². The zero-order valence-corrected chi connectivity index (χ0v) is 16.5. The summed E-state index contributed by atoms with van der Waals surface area (Å²) >= 11 is 2.05. The van der Waals surface area contributed by atoms with Gasteiger partial charge in [-0.25, -0.2) is 0 Å². The minimum atomic E-state index is 0.189. The van der Waals surface area contributed by atoms with Gasteiger partial charge in [0.05, 0.1) is 6.10 Å². The Kier molecular flexibility index (Phi) is 6.29. The fraction of sp³-hybridized carbons (Fsp3) is 0.650. The summed E-state index contributed by atoms with van der Waals surface area (Å²) in [6, 6.07) is 10.6. The quantitative estimate of drug-likeness (QED) is 0.660. The van der Waals surface area contributed by atoms with Gasteiger partial charge in [-0.05, 0) is 32.3 Å². The van der Waals surface area contributed by atoms with Gasteiger partial charge < -0.3 is 15.0 Å². The van der Waals surface area contributed by atoms with Crippen LogP contribution in [0.25, 0.3) is 0 Å². The number of rotatable bonds is 3. The SMILES string of the molecule is CN=C(NCC1CCCOC1c1ccccc1)N1CCSC(C)(C)C1. The first-order valence-electron chi connectivity index (χ1n) is 9.35. The number of guanidine groups is 1. The predicted octanol–water partition coefficient (Wildman–Crippen LogP) is 3.56. The largest absolute Gasteiger partial charge is 0.373 e.